The Morgan fingerprint density at radius 1 is 0.367 bits per heavy atom. The van der Waals surface area contributed by atoms with E-state index in [1.807, 2.05) is 54.6 Å². The first-order valence-electron chi connectivity index (χ1n) is 53.4. The number of aliphatic hydroxyl groups is 3. The molecule has 20 rings (SSSR count). The van der Waals surface area contributed by atoms with Crippen molar-refractivity contribution >= 4 is 81.2 Å². The van der Waals surface area contributed by atoms with Gasteiger partial charge in [0.05, 0.1) is 24.4 Å². The fraction of sp³-hybridized carbons (Fsp3) is 0.904. The maximum absolute atomic E-state index is 11.7. The van der Waals surface area contributed by atoms with Crippen LogP contribution in [0.4, 0.5) is 26.3 Å². The summed E-state index contributed by atoms with van der Waals surface area (Å²) in [4.78, 5) is 54.8. The lowest BCUT2D eigenvalue weighted by atomic mass is 9.76. The van der Waals surface area contributed by atoms with E-state index < -0.39 is 52.5 Å². The summed E-state index contributed by atoms with van der Waals surface area (Å²) >= 11 is 0. The van der Waals surface area contributed by atoms with Crippen molar-refractivity contribution in [3.8, 4) is 0 Å². The van der Waals surface area contributed by atoms with Crippen LogP contribution in [0.25, 0.3) is 0 Å². The fourth-order valence-electron chi connectivity index (χ4n) is 31.5. The number of Topliss-reactive ketones (excluding diaryl/α,β-unsaturated/α-hetero) is 1. The van der Waals surface area contributed by atoms with Crippen molar-refractivity contribution in [1.29, 1.82) is 0 Å². The Morgan fingerprint density at radius 3 is 0.921 bits per heavy atom. The van der Waals surface area contributed by atoms with Crippen molar-refractivity contribution in [2.75, 3.05) is 0 Å². The smallest absolute Gasteiger partial charge is 0.437 e. The van der Waals surface area contributed by atoms with E-state index in [2.05, 4.69) is 152 Å². The lowest BCUT2D eigenvalue weighted by Gasteiger charge is -2.38. The number of nitrogens with zero attached hydrogens (tertiary/aromatic N) is 9. The molecule has 786 valence electrons. The third-order valence-electron chi connectivity index (χ3n) is 35.2. The molecule has 17 fully saturated rings. The highest BCUT2D eigenvalue weighted by Gasteiger charge is 2.75. The summed E-state index contributed by atoms with van der Waals surface area (Å²) in [5.41, 5.74) is 1.10. The van der Waals surface area contributed by atoms with Gasteiger partial charge in [-0.15, -0.1) is 0 Å². The Morgan fingerprint density at radius 2 is 0.662 bits per heavy atom. The van der Waals surface area contributed by atoms with Gasteiger partial charge in [-0.05, 0) is 254 Å². The van der Waals surface area contributed by atoms with Crippen molar-refractivity contribution in [1.82, 2.24) is 43.3 Å². The minimum Gasteiger partial charge on any atom is -0.437 e. The SMILES string of the molecule is CCCC12C=CC(CC1)N2B(C)O.CCCC12C=CC(CC1)N2B(C)O.CCCC12C=CC(CC1)N2B(C)O.CCCC12CCC(C(=O)C1)N2B(C)O.CCCC12CCC(C(O)C1)N2B(C)O.CCCC12CCC(C(O)C1)N2B(C)O.CCCC12CCC(C3OC31)N2B(C)O.CCCC12CCC(C3OC31)N2B(C)O.CCCC12CCC(CC1O)N2B(C)O.O=C(OO)C(F)(F)F.O=C(OO)C(F)(F)F. The summed E-state index contributed by atoms with van der Waals surface area (Å²) in [6, 6.07) is 3.38. The van der Waals surface area contributed by atoms with Crippen molar-refractivity contribution in [3.05, 3.63) is 36.5 Å². The number of hydrogen-bond donors (Lipinski definition) is 14. The molecule has 17 saturated heterocycles. The number of hydrogen-bond acceptors (Lipinski definition) is 30. The van der Waals surface area contributed by atoms with Crippen LogP contribution in [0.2, 0.25) is 61.4 Å². The van der Waals surface area contributed by atoms with Gasteiger partial charge in [-0.3, -0.25) is 14.6 Å². The molecule has 0 saturated carbocycles. The number of aliphatic hydroxyl groups excluding tert-OH is 3. The van der Waals surface area contributed by atoms with Crippen LogP contribution in [0, 0.1) is 0 Å². The van der Waals surface area contributed by atoms with Gasteiger partial charge in [-0.2, -0.15) is 36.9 Å². The number of alkyl halides is 6. The molecule has 0 aromatic rings. The number of rotatable bonds is 27. The number of morpholine rings is 2. The molecule has 139 heavy (non-hydrogen) atoms. The van der Waals surface area contributed by atoms with Gasteiger partial charge in [0.2, 0.25) is 0 Å². The molecular formula is C94H170B9F6N9O21. The van der Waals surface area contributed by atoms with Crippen LogP contribution in [0.1, 0.15) is 319 Å². The maximum Gasteiger partial charge on any atom is 0.494 e. The lowest BCUT2D eigenvalue weighted by Crippen LogP contribution is -2.53. The van der Waals surface area contributed by atoms with E-state index >= 15 is 0 Å². The second-order valence-corrected chi connectivity index (χ2v) is 44.2. The average Bonchev–Trinajstić information content (AvgIpc) is 1.51. The summed E-state index contributed by atoms with van der Waals surface area (Å²) in [7, 11) is -3.20. The molecule has 14 N–H and O–H groups in total. The van der Waals surface area contributed by atoms with E-state index in [1.165, 1.54) is 128 Å². The first kappa shape index (κ1) is 118. The molecule has 0 radical (unpaired) electrons. The first-order valence-corrected chi connectivity index (χ1v) is 53.4. The minimum atomic E-state index is -5.10. The van der Waals surface area contributed by atoms with E-state index in [9.17, 15) is 101 Å². The largest absolute Gasteiger partial charge is 0.494 e. The quantitative estimate of drug-likeness (QED) is 0.00907. The Labute approximate surface area is 827 Å². The van der Waals surface area contributed by atoms with Crippen LogP contribution >= 0.6 is 0 Å². The Kier molecular flexibility index (Phi) is 41.0. The standard InChI is InChI=1S/2C10H18BNO2.2C10H20BNO2.C10H18BNO2.C10H20BNO2.3C10H18BNO.2C2HF3O3/c2*1-3-5-10-6-4-7(8-9(10)14-8)12(10)11(2)13;3*1-3-5-10-6-4-8(9(13)7-10)12(10)11(2)14;1-3-5-10-6-4-8(7-9(10)13)12(10)11(2)14;3*1-3-6-10-7-4-9(5-8-10)12(10)11(2)13;2*3-2(4,5)1(6)8-7/h2*7-9,13H,3-6H2,1-2H3;2*8-9,13-14H,3-7H2,1-2H3;8,14H,3-7H2,1-2H3;8-9,13-14H,3-7H2,1-2H3;3*4,7,9,13H,3,5-6,8H2,1-2H3;2*7H. The van der Waals surface area contributed by atoms with Gasteiger partial charge in [-0.25, -0.2) is 9.59 Å². The number of halogens is 6. The van der Waals surface area contributed by atoms with Gasteiger partial charge < -0.3 is 113 Å². The molecular weight excluding hydrogens is 1800 g/mol. The zero-order valence-electron chi connectivity index (χ0n) is 86.6. The van der Waals surface area contributed by atoms with E-state index in [0.717, 1.165) is 122 Å². The molecule has 0 aromatic carbocycles. The van der Waals surface area contributed by atoms with Crippen LogP contribution in [-0.4, -0.2) is 355 Å². The molecule has 0 aliphatic carbocycles. The van der Waals surface area contributed by atoms with Crippen molar-refractivity contribution in [3.63, 3.8) is 0 Å². The summed E-state index contributed by atoms with van der Waals surface area (Å²) in [6.07, 6.45) is 49.3. The molecule has 30 nitrogen and oxygen atoms in total. The highest BCUT2D eigenvalue weighted by atomic mass is 19.4. The van der Waals surface area contributed by atoms with Crippen molar-refractivity contribution in [2.24, 2.45) is 0 Å². The molecule has 0 spiro atoms. The second kappa shape index (κ2) is 48.3. The van der Waals surface area contributed by atoms with E-state index in [1.54, 1.807) is 6.82 Å². The Bertz CT molecular complexity index is 3730. The minimum absolute atomic E-state index is 0.00463. The highest BCUT2D eigenvalue weighted by Crippen LogP contribution is 2.62. The molecule has 45 heteroatoms. The summed E-state index contributed by atoms with van der Waals surface area (Å²) in [6.45, 7) is 36.4. The summed E-state index contributed by atoms with van der Waals surface area (Å²) in [5, 5.41) is 132. The average molecular weight is 1970 g/mol. The van der Waals surface area contributed by atoms with Gasteiger partial charge in [0, 0.05) is 105 Å². The van der Waals surface area contributed by atoms with E-state index in [0.29, 0.717) is 72.9 Å². The topological polar surface area (TPSA) is 407 Å². The number of carbonyl (C=O) groups is 3. The monoisotopic (exact) mass is 1970 g/mol. The molecule has 20 aliphatic rings. The summed E-state index contributed by atoms with van der Waals surface area (Å²) in [5.74, 6) is -4.89. The summed E-state index contributed by atoms with van der Waals surface area (Å²) < 4.78 is 76.3. The van der Waals surface area contributed by atoms with E-state index in [4.69, 9.17) is 20.0 Å². The third-order valence-corrected chi connectivity index (χ3v) is 35.2. The van der Waals surface area contributed by atoms with Crippen molar-refractivity contribution in [2.45, 2.75) is 540 Å². The molecule has 18 bridgehead atoms. The van der Waals surface area contributed by atoms with Gasteiger partial charge in [0.25, 0.3) is 0 Å². The molecule has 20 aliphatic heterocycles. The van der Waals surface area contributed by atoms with Crippen LogP contribution < -0.4 is 0 Å². The predicted molar refractivity (Wildman–Crippen MR) is 533 cm³/mol. The number of ether oxygens (including phenoxy) is 2. The molecule has 20 heterocycles. The first-order chi connectivity index (χ1) is 65.4. The zero-order valence-corrected chi connectivity index (χ0v) is 86.6. The number of carbonyl (C=O) groups excluding carboxylic acids is 3. The van der Waals surface area contributed by atoms with E-state index in [-0.39, 0.29) is 122 Å². The molecule has 0 aromatic heterocycles. The van der Waals surface area contributed by atoms with Gasteiger partial charge in [0.1, 0.15) is 24.4 Å². The maximum atomic E-state index is 11.7. The second-order valence-electron chi connectivity index (χ2n) is 44.2. The fourth-order valence-corrected chi connectivity index (χ4v) is 31.5. The molecule has 25 atom stereocenters. The van der Waals surface area contributed by atoms with Gasteiger partial charge >= 0.3 is 87.7 Å². The lowest BCUT2D eigenvalue weighted by molar-refractivity contribution is -0.272. The number of ketones is 1. The van der Waals surface area contributed by atoms with Crippen molar-refractivity contribution < 1.29 is 131 Å². The number of fused-ring (bicyclic) bond motifs is 24. The van der Waals surface area contributed by atoms with Crippen LogP contribution in [0.5, 0.6) is 0 Å². The van der Waals surface area contributed by atoms with Crippen LogP contribution in [-0.2, 0) is 33.6 Å². The Balaban J connectivity index is 0.000000158. The van der Waals surface area contributed by atoms with Gasteiger partial charge in [0.15, 0.2) is 5.78 Å². The predicted octanol–water partition coefficient (Wildman–Crippen LogP) is 11.6. The zero-order chi connectivity index (χ0) is 103. The molecule has 0 amide bonds. The van der Waals surface area contributed by atoms with Crippen LogP contribution in [0.15, 0.2) is 36.5 Å². The highest BCUT2D eigenvalue weighted by molar-refractivity contribution is 6.49. The van der Waals surface area contributed by atoms with Crippen LogP contribution in [0.3, 0.4) is 0 Å². The van der Waals surface area contributed by atoms with Gasteiger partial charge in [-0.1, -0.05) is 157 Å². The third kappa shape index (κ3) is 23.9. The molecule has 25 unspecified atom stereocenters. The number of epoxide rings is 2. The normalized spacial score (nSPS) is 38.1. The Hall–Kier alpha value is -3.01.